The van der Waals surface area contributed by atoms with Crippen molar-refractivity contribution < 1.29 is 4.79 Å². The number of carbonyl (C=O) groups is 1. The van der Waals surface area contributed by atoms with Crippen molar-refractivity contribution in [3.8, 4) is 0 Å². The highest BCUT2D eigenvalue weighted by Crippen LogP contribution is 2.31. The van der Waals surface area contributed by atoms with Crippen LogP contribution in [0.25, 0.3) is 0 Å². The second-order valence-electron chi connectivity index (χ2n) is 6.04. The Labute approximate surface area is 124 Å². The first kappa shape index (κ1) is 15.1. The molecule has 0 saturated heterocycles. The number of anilines is 2. The van der Waals surface area contributed by atoms with Crippen LogP contribution >= 0.6 is 11.3 Å². The summed E-state index contributed by atoms with van der Waals surface area (Å²) in [5.41, 5.74) is 5.85. The number of hydrogen-bond acceptors (Lipinski definition) is 5. The minimum Gasteiger partial charge on any atom is -0.382 e. The number of hydrogen-bond donors (Lipinski definition) is 2. The molecule has 6 heteroatoms. The van der Waals surface area contributed by atoms with E-state index >= 15 is 0 Å². The van der Waals surface area contributed by atoms with E-state index in [1.807, 2.05) is 19.0 Å². The van der Waals surface area contributed by atoms with Crippen molar-refractivity contribution in [3.63, 3.8) is 0 Å². The molecule has 0 spiro atoms. The van der Waals surface area contributed by atoms with Crippen molar-refractivity contribution in [2.45, 2.75) is 39.2 Å². The fourth-order valence-electron chi connectivity index (χ4n) is 2.60. The first-order valence-corrected chi connectivity index (χ1v) is 7.94. The molecule has 1 saturated carbocycles. The number of carbonyl (C=O) groups excluding carboxylic acids is 1. The van der Waals surface area contributed by atoms with Crippen molar-refractivity contribution in [1.82, 2.24) is 10.3 Å². The molecule has 2 rings (SSSR count). The molecule has 1 aromatic heterocycles. The van der Waals surface area contributed by atoms with Gasteiger partial charge in [0.25, 0.3) is 5.91 Å². The predicted molar refractivity (Wildman–Crippen MR) is 84.3 cm³/mol. The number of nitrogens with two attached hydrogens (primary N) is 1. The number of aromatic nitrogens is 1. The molecule has 0 aromatic carbocycles. The van der Waals surface area contributed by atoms with E-state index in [0.29, 0.717) is 16.6 Å². The Balaban J connectivity index is 2.01. The van der Waals surface area contributed by atoms with E-state index in [-0.39, 0.29) is 11.9 Å². The maximum absolute atomic E-state index is 12.3. The highest BCUT2D eigenvalue weighted by atomic mass is 32.1. The van der Waals surface area contributed by atoms with E-state index in [4.69, 9.17) is 5.73 Å². The molecule has 5 nitrogen and oxygen atoms in total. The number of nitrogens with zero attached hydrogens (tertiary/aromatic N) is 2. The van der Waals surface area contributed by atoms with Gasteiger partial charge >= 0.3 is 0 Å². The lowest BCUT2D eigenvalue weighted by atomic mass is 9.79. The van der Waals surface area contributed by atoms with Crippen LogP contribution in [-0.2, 0) is 0 Å². The zero-order valence-corrected chi connectivity index (χ0v) is 13.5. The zero-order valence-electron chi connectivity index (χ0n) is 12.6. The summed E-state index contributed by atoms with van der Waals surface area (Å²) in [6.07, 6.45) is 3.27. The second kappa shape index (κ2) is 5.99. The average Bonchev–Trinajstić information content (AvgIpc) is 2.76. The molecule has 1 aliphatic carbocycles. The number of amides is 1. The van der Waals surface area contributed by atoms with E-state index < -0.39 is 0 Å². The van der Waals surface area contributed by atoms with Gasteiger partial charge in [-0.15, -0.1) is 0 Å². The molecule has 1 aliphatic rings. The average molecular weight is 296 g/mol. The van der Waals surface area contributed by atoms with Crippen molar-refractivity contribution in [2.75, 3.05) is 24.7 Å². The highest BCUT2D eigenvalue weighted by molar-refractivity contribution is 7.18. The van der Waals surface area contributed by atoms with E-state index in [1.54, 1.807) is 0 Å². The summed E-state index contributed by atoms with van der Waals surface area (Å²) in [7, 11) is 3.79. The molecular weight excluding hydrogens is 272 g/mol. The van der Waals surface area contributed by atoms with Gasteiger partial charge in [0, 0.05) is 20.1 Å². The SMILES string of the molecule is CC1CCC(NC(=O)c2sc(N(C)C)nc2N)CC1C. The topological polar surface area (TPSA) is 71.2 Å². The van der Waals surface area contributed by atoms with Crippen molar-refractivity contribution in [1.29, 1.82) is 0 Å². The maximum Gasteiger partial charge on any atom is 0.265 e. The molecular formula is C14H24N4OS. The lowest BCUT2D eigenvalue weighted by Crippen LogP contribution is -2.39. The smallest absolute Gasteiger partial charge is 0.265 e. The molecule has 1 aromatic rings. The van der Waals surface area contributed by atoms with Crippen LogP contribution in [0.5, 0.6) is 0 Å². The fourth-order valence-corrected chi connectivity index (χ4v) is 3.41. The van der Waals surface area contributed by atoms with E-state index in [1.165, 1.54) is 17.8 Å². The minimum absolute atomic E-state index is 0.0835. The molecule has 1 heterocycles. The number of nitrogen functional groups attached to an aromatic ring is 1. The normalized spacial score (nSPS) is 26.3. The lowest BCUT2D eigenvalue weighted by molar-refractivity contribution is 0.0915. The molecule has 3 N–H and O–H groups in total. The monoisotopic (exact) mass is 296 g/mol. The van der Waals surface area contributed by atoms with Crippen LogP contribution in [0.3, 0.4) is 0 Å². The molecule has 1 amide bonds. The molecule has 0 bridgehead atoms. The standard InChI is InChI=1S/C14H24N4OS/c1-8-5-6-10(7-9(8)2)16-13(19)11-12(15)17-14(20-11)18(3)4/h8-10H,5-7,15H2,1-4H3,(H,16,19). The third-order valence-electron chi connectivity index (χ3n) is 4.16. The predicted octanol–water partition coefficient (Wildman–Crippen LogP) is 2.35. The van der Waals surface area contributed by atoms with E-state index in [2.05, 4.69) is 24.1 Å². The van der Waals surface area contributed by atoms with Gasteiger partial charge in [0.2, 0.25) is 0 Å². The third-order valence-corrected chi connectivity index (χ3v) is 5.40. The van der Waals surface area contributed by atoms with Gasteiger partial charge < -0.3 is 16.0 Å². The van der Waals surface area contributed by atoms with Crippen LogP contribution in [0.1, 0.15) is 42.8 Å². The first-order chi connectivity index (χ1) is 9.38. The van der Waals surface area contributed by atoms with Crippen molar-refractivity contribution >= 4 is 28.2 Å². The summed E-state index contributed by atoms with van der Waals surface area (Å²) in [6, 6.07) is 0.262. The van der Waals surface area contributed by atoms with Gasteiger partial charge in [-0.1, -0.05) is 25.2 Å². The van der Waals surface area contributed by atoms with Crippen LogP contribution in [0.2, 0.25) is 0 Å². The van der Waals surface area contributed by atoms with E-state index in [0.717, 1.165) is 23.9 Å². The molecule has 0 aliphatic heterocycles. The fraction of sp³-hybridized carbons (Fsp3) is 0.714. The summed E-state index contributed by atoms with van der Waals surface area (Å²) in [5.74, 6) is 1.65. The molecule has 112 valence electrons. The Morgan fingerprint density at radius 2 is 2.05 bits per heavy atom. The van der Waals surface area contributed by atoms with Gasteiger partial charge in [-0.05, 0) is 31.1 Å². The van der Waals surface area contributed by atoms with Gasteiger partial charge in [-0.2, -0.15) is 0 Å². The van der Waals surface area contributed by atoms with Crippen LogP contribution in [-0.4, -0.2) is 31.0 Å². The van der Waals surface area contributed by atoms with Gasteiger partial charge in [0.15, 0.2) is 5.13 Å². The lowest BCUT2D eigenvalue weighted by Gasteiger charge is -2.32. The quantitative estimate of drug-likeness (QED) is 0.898. The minimum atomic E-state index is -0.0835. The zero-order chi connectivity index (χ0) is 14.9. The third kappa shape index (κ3) is 3.23. The van der Waals surface area contributed by atoms with Gasteiger partial charge in [0.1, 0.15) is 10.7 Å². The Kier molecular flexibility index (Phi) is 4.52. The molecule has 1 fully saturated rings. The van der Waals surface area contributed by atoms with E-state index in [9.17, 15) is 4.79 Å². The number of thiazole rings is 1. The summed E-state index contributed by atoms with van der Waals surface area (Å²) >= 11 is 1.34. The second-order valence-corrected chi connectivity index (χ2v) is 7.02. The maximum atomic E-state index is 12.3. The van der Waals surface area contributed by atoms with Crippen LogP contribution in [0.4, 0.5) is 10.9 Å². The molecule has 3 unspecified atom stereocenters. The molecule has 0 radical (unpaired) electrons. The van der Waals surface area contributed by atoms with Gasteiger partial charge in [-0.3, -0.25) is 4.79 Å². The van der Waals surface area contributed by atoms with Gasteiger partial charge in [0.05, 0.1) is 0 Å². The highest BCUT2D eigenvalue weighted by Gasteiger charge is 2.27. The summed E-state index contributed by atoms with van der Waals surface area (Å²) in [5, 5.41) is 3.87. The molecule has 3 atom stereocenters. The van der Waals surface area contributed by atoms with Crippen LogP contribution in [0, 0.1) is 11.8 Å². The summed E-state index contributed by atoms with van der Waals surface area (Å²) < 4.78 is 0. The largest absolute Gasteiger partial charge is 0.382 e. The van der Waals surface area contributed by atoms with Crippen molar-refractivity contribution in [3.05, 3.63) is 4.88 Å². The Hall–Kier alpha value is -1.30. The molecule has 20 heavy (non-hydrogen) atoms. The first-order valence-electron chi connectivity index (χ1n) is 7.13. The number of rotatable bonds is 3. The Morgan fingerprint density at radius 1 is 1.35 bits per heavy atom. The van der Waals surface area contributed by atoms with Crippen molar-refractivity contribution in [2.24, 2.45) is 11.8 Å². The van der Waals surface area contributed by atoms with Gasteiger partial charge in [-0.25, -0.2) is 4.98 Å². The number of nitrogens with one attached hydrogen (secondary N) is 1. The van der Waals surface area contributed by atoms with Crippen LogP contribution in [0.15, 0.2) is 0 Å². The summed E-state index contributed by atoms with van der Waals surface area (Å²) in [4.78, 5) is 18.9. The summed E-state index contributed by atoms with van der Waals surface area (Å²) in [6.45, 7) is 4.54. The Morgan fingerprint density at radius 3 is 2.60 bits per heavy atom. The van der Waals surface area contributed by atoms with Crippen LogP contribution < -0.4 is 16.0 Å². The Bertz CT molecular complexity index is 486.